The standard InChI is InChI=1S/C14H17N3O4/c1-18-12-7-10(16-17-15)13-11(20-12)8-19-14(21-13)9-5-3-2-4-6-9/h2-6,10-14H,7-8H2,1H3/t10-,11+,12-,13-,14+/m1/s1. The Kier molecular flexibility index (Phi) is 4.38. The van der Waals surface area contributed by atoms with Crippen LogP contribution in [0.15, 0.2) is 35.4 Å². The molecular formula is C14H17N3O4. The molecular weight excluding hydrogens is 274 g/mol. The second-order valence-corrected chi connectivity index (χ2v) is 5.02. The summed E-state index contributed by atoms with van der Waals surface area (Å²) in [5, 5.41) is 3.83. The highest BCUT2D eigenvalue weighted by atomic mass is 16.7. The third-order valence-corrected chi connectivity index (χ3v) is 3.73. The van der Waals surface area contributed by atoms with Crippen molar-refractivity contribution in [1.29, 1.82) is 0 Å². The quantitative estimate of drug-likeness (QED) is 0.486. The van der Waals surface area contributed by atoms with Gasteiger partial charge in [0.05, 0.1) is 18.8 Å². The van der Waals surface area contributed by atoms with Gasteiger partial charge in [-0.05, 0) is 5.53 Å². The Hall–Kier alpha value is -1.63. The Balaban J connectivity index is 1.77. The van der Waals surface area contributed by atoms with E-state index in [1.807, 2.05) is 30.3 Å². The zero-order valence-corrected chi connectivity index (χ0v) is 11.7. The van der Waals surface area contributed by atoms with E-state index in [2.05, 4.69) is 10.0 Å². The van der Waals surface area contributed by atoms with Gasteiger partial charge in [0, 0.05) is 24.0 Å². The Morgan fingerprint density at radius 1 is 1.29 bits per heavy atom. The topological polar surface area (TPSA) is 85.7 Å². The van der Waals surface area contributed by atoms with Crippen LogP contribution in [-0.2, 0) is 18.9 Å². The summed E-state index contributed by atoms with van der Waals surface area (Å²) in [6.07, 6.45) is -1.01. The predicted molar refractivity (Wildman–Crippen MR) is 73.2 cm³/mol. The van der Waals surface area contributed by atoms with E-state index in [4.69, 9.17) is 24.5 Å². The molecule has 0 aliphatic carbocycles. The van der Waals surface area contributed by atoms with Crippen LogP contribution in [0.5, 0.6) is 0 Å². The van der Waals surface area contributed by atoms with Crippen LogP contribution in [0.1, 0.15) is 18.3 Å². The predicted octanol–water partition coefficient (Wildman–Crippen LogP) is 2.54. The molecule has 112 valence electrons. The summed E-state index contributed by atoms with van der Waals surface area (Å²) in [7, 11) is 1.56. The zero-order chi connectivity index (χ0) is 14.7. The summed E-state index contributed by atoms with van der Waals surface area (Å²) >= 11 is 0. The van der Waals surface area contributed by atoms with Crippen molar-refractivity contribution < 1.29 is 18.9 Å². The van der Waals surface area contributed by atoms with Crippen LogP contribution in [0, 0.1) is 0 Å². The lowest BCUT2D eigenvalue weighted by Gasteiger charge is -2.44. The number of nitrogens with zero attached hydrogens (tertiary/aromatic N) is 3. The lowest BCUT2D eigenvalue weighted by molar-refractivity contribution is -0.317. The third-order valence-electron chi connectivity index (χ3n) is 3.73. The fourth-order valence-corrected chi connectivity index (χ4v) is 2.70. The van der Waals surface area contributed by atoms with Crippen molar-refractivity contribution in [2.75, 3.05) is 13.7 Å². The molecule has 2 fully saturated rings. The highest BCUT2D eigenvalue weighted by Crippen LogP contribution is 2.35. The maximum absolute atomic E-state index is 8.74. The fraction of sp³-hybridized carbons (Fsp3) is 0.571. The molecule has 2 aliphatic heterocycles. The summed E-state index contributed by atoms with van der Waals surface area (Å²) in [4.78, 5) is 2.91. The van der Waals surface area contributed by atoms with Crippen LogP contribution in [0.4, 0.5) is 0 Å². The molecule has 0 saturated carbocycles. The number of methoxy groups -OCH3 is 1. The lowest BCUT2D eigenvalue weighted by Crippen LogP contribution is -2.54. The van der Waals surface area contributed by atoms with Crippen LogP contribution in [0.3, 0.4) is 0 Å². The number of benzene rings is 1. The first-order valence-corrected chi connectivity index (χ1v) is 6.86. The number of hydrogen-bond donors (Lipinski definition) is 0. The van der Waals surface area contributed by atoms with Crippen LogP contribution in [0.2, 0.25) is 0 Å². The van der Waals surface area contributed by atoms with Crippen molar-refractivity contribution in [2.45, 2.75) is 37.3 Å². The van der Waals surface area contributed by atoms with E-state index in [1.54, 1.807) is 7.11 Å². The minimum absolute atomic E-state index is 0.292. The smallest absolute Gasteiger partial charge is 0.184 e. The first-order valence-electron chi connectivity index (χ1n) is 6.86. The molecule has 5 atom stereocenters. The van der Waals surface area contributed by atoms with Crippen LogP contribution < -0.4 is 0 Å². The maximum Gasteiger partial charge on any atom is 0.184 e. The van der Waals surface area contributed by atoms with Gasteiger partial charge in [0.15, 0.2) is 12.6 Å². The molecule has 0 spiro atoms. The average molecular weight is 291 g/mol. The number of azide groups is 1. The van der Waals surface area contributed by atoms with E-state index in [1.165, 1.54) is 0 Å². The van der Waals surface area contributed by atoms with Gasteiger partial charge < -0.3 is 18.9 Å². The normalized spacial score (nSPS) is 35.6. The Labute approximate surface area is 122 Å². The fourth-order valence-electron chi connectivity index (χ4n) is 2.70. The van der Waals surface area contributed by atoms with Crippen molar-refractivity contribution in [1.82, 2.24) is 0 Å². The van der Waals surface area contributed by atoms with E-state index < -0.39 is 12.6 Å². The van der Waals surface area contributed by atoms with E-state index in [9.17, 15) is 0 Å². The molecule has 2 saturated heterocycles. The summed E-state index contributed by atoms with van der Waals surface area (Å²) in [6.45, 7) is 0.377. The third kappa shape index (κ3) is 3.02. The highest BCUT2D eigenvalue weighted by Gasteiger charge is 2.44. The minimum Gasteiger partial charge on any atom is -0.356 e. The van der Waals surface area contributed by atoms with Gasteiger partial charge in [-0.25, -0.2) is 0 Å². The molecule has 0 aromatic heterocycles. The molecule has 7 heteroatoms. The van der Waals surface area contributed by atoms with Crippen LogP contribution >= 0.6 is 0 Å². The first-order chi connectivity index (χ1) is 10.3. The lowest BCUT2D eigenvalue weighted by atomic mass is 9.98. The highest BCUT2D eigenvalue weighted by molar-refractivity contribution is 5.16. The van der Waals surface area contributed by atoms with Crippen molar-refractivity contribution >= 4 is 0 Å². The number of hydrogen-bond acceptors (Lipinski definition) is 5. The Bertz CT molecular complexity index is 520. The van der Waals surface area contributed by atoms with Gasteiger partial charge in [-0.15, -0.1) is 0 Å². The second kappa shape index (κ2) is 6.43. The minimum atomic E-state index is -0.466. The summed E-state index contributed by atoms with van der Waals surface area (Å²) in [5.41, 5.74) is 9.68. The van der Waals surface area contributed by atoms with Gasteiger partial charge in [-0.2, -0.15) is 0 Å². The van der Waals surface area contributed by atoms with Gasteiger partial charge in [-0.3, -0.25) is 0 Å². The number of ether oxygens (including phenoxy) is 4. The van der Waals surface area contributed by atoms with Crippen molar-refractivity contribution in [2.24, 2.45) is 5.11 Å². The van der Waals surface area contributed by atoms with Crippen molar-refractivity contribution in [3.8, 4) is 0 Å². The van der Waals surface area contributed by atoms with Gasteiger partial charge in [0.2, 0.25) is 0 Å². The maximum atomic E-state index is 8.74. The van der Waals surface area contributed by atoms with E-state index in [-0.39, 0.29) is 18.2 Å². The molecule has 2 heterocycles. The molecule has 21 heavy (non-hydrogen) atoms. The molecule has 0 unspecified atom stereocenters. The van der Waals surface area contributed by atoms with Gasteiger partial charge in [0.25, 0.3) is 0 Å². The molecule has 7 nitrogen and oxygen atoms in total. The summed E-state index contributed by atoms with van der Waals surface area (Å²) in [5.74, 6) is 0. The van der Waals surface area contributed by atoms with Gasteiger partial charge in [0.1, 0.15) is 6.10 Å². The molecule has 3 rings (SSSR count). The largest absolute Gasteiger partial charge is 0.356 e. The van der Waals surface area contributed by atoms with Crippen LogP contribution in [0.25, 0.3) is 10.4 Å². The summed E-state index contributed by atoms with van der Waals surface area (Å²) < 4.78 is 22.6. The molecule has 2 aliphatic rings. The van der Waals surface area contributed by atoms with Gasteiger partial charge in [-0.1, -0.05) is 35.4 Å². The van der Waals surface area contributed by atoms with E-state index >= 15 is 0 Å². The summed E-state index contributed by atoms with van der Waals surface area (Å²) in [6, 6.07) is 9.35. The zero-order valence-electron chi connectivity index (χ0n) is 11.7. The number of fused-ring (bicyclic) bond motifs is 1. The van der Waals surface area contributed by atoms with E-state index in [0.29, 0.717) is 13.0 Å². The molecule has 0 radical (unpaired) electrons. The Morgan fingerprint density at radius 2 is 2.10 bits per heavy atom. The van der Waals surface area contributed by atoms with Gasteiger partial charge >= 0.3 is 0 Å². The molecule has 0 bridgehead atoms. The second-order valence-electron chi connectivity index (χ2n) is 5.02. The first kappa shape index (κ1) is 14.3. The SMILES string of the molecule is CO[C@H]1C[C@@H](N=[N+]=[N-])[C@H]2O[C@@H](c3ccccc3)OC[C@@H]2O1. The van der Waals surface area contributed by atoms with Crippen molar-refractivity contribution in [3.05, 3.63) is 46.3 Å². The average Bonchev–Trinajstić information content (AvgIpc) is 2.55. The van der Waals surface area contributed by atoms with Crippen molar-refractivity contribution in [3.63, 3.8) is 0 Å². The molecule has 1 aromatic rings. The molecule has 1 aromatic carbocycles. The number of rotatable bonds is 3. The van der Waals surface area contributed by atoms with E-state index in [0.717, 1.165) is 5.56 Å². The van der Waals surface area contributed by atoms with Crippen LogP contribution in [-0.4, -0.2) is 38.3 Å². The monoisotopic (exact) mass is 291 g/mol. The molecule has 0 N–H and O–H groups in total. The molecule has 0 amide bonds. The Morgan fingerprint density at radius 3 is 2.81 bits per heavy atom.